The van der Waals surface area contributed by atoms with E-state index in [1.807, 2.05) is 24.1 Å². The number of likely N-dealkylation sites (tertiary alicyclic amines) is 1. The van der Waals surface area contributed by atoms with Crippen LogP contribution in [0.4, 0.5) is 5.95 Å². The molecule has 1 unspecified atom stereocenters. The van der Waals surface area contributed by atoms with Gasteiger partial charge in [-0.05, 0) is 38.7 Å². The van der Waals surface area contributed by atoms with Crippen LogP contribution in [0.5, 0.6) is 0 Å². The lowest BCUT2D eigenvalue weighted by Gasteiger charge is -2.48. The van der Waals surface area contributed by atoms with Crippen molar-refractivity contribution in [1.82, 2.24) is 24.8 Å². The van der Waals surface area contributed by atoms with E-state index in [2.05, 4.69) is 24.8 Å². The molecule has 0 saturated carbocycles. The molecule has 0 radical (unpaired) electrons. The summed E-state index contributed by atoms with van der Waals surface area (Å²) < 4.78 is 0. The van der Waals surface area contributed by atoms with Gasteiger partial charge in [-0.1, -0.05) is 0 Å². The number of hydrogen-bond acceptors (Lipinski definition) is 6. The van der Waals surface area contributed by atoms with E-state index >= 15 is 0 Å². The molecule has 0 N–H and O–H groups in total. The minimum absolute atomic E-state index is 0.0357. The van der Waals surface area contributed by atoms with E-state index in [0.717, 1.165) is 63.5 Å². The van der Waals surface area contributed by atoms with Gasteiger partial charge in [-0.25, -0.2) is 19.9 Å². The van der Waals surface area contributed by atoms with Crippen molar-refractivity contribution in [2.75, 3.05) is 31.1 Å². The maximum absolute atomic E-state index is 12.8. The summed E-state index contributed by atoms with van der Waals surface area (Å²) in [6.07, 6.45) is 10.9. The van der Waals surface area contributed by atoms with Crippen LogP contribution in [-0.2, 0) is 0 Å². The van der Waals surface area contributed by atoms with E-state index < -0.39 is 0 Å². The number of nitrogens with zero attached hydrogens (tertiary/aromatic N) is 6. The Balaban J connectivity index is 1.51. The van der Waals surface area contributed by atoms with Crippen LogP contribution in [0.15, 0.2) is 31.0 Å². The zero-order valence-corrected chi connectivity index (χ0v) is 15.1. The molecule has 1 amide bonds. The van der Waals surface area contributed by atoms with E-state index in [1.54, 1.807) is 12.4 Å². The van der Waals surface area contributed by atoms with Crippen LogP contribution in [-0.4, -0.2) is 56.9 Å². The SMILES string of the molecule is Cc1ccnc(N2CCCC3(CCCN(C(=O)c4cncnc4)C3)C2)n1. The van der Waals surface area contributed by atoms with E-state index in [9.17, 15) is 4.79 Å². The fraction of sp³-hybridized carbons (Fsp3) is 0.526. The summed E-state index contributed by atoms with van der Waals surface area (Å²) in [6.45, 7) is 5.46. The van der Waals surface area contributed by atoms with Gasteiger partial charge in [-0.3, -0.25) is 4.79 Å². The predicted octanol–water partition coefficient (Wildman–Crippen LogP) is 2.10. The summed E-state index contributed by atoms with van der Waals surface area (Å²) in [5.74, 6) is 0.845. The molecule has 2 aromatic heterocycles. The molecule has 2 aliphatic rings. The third-order valence-electron chi connectivity index (χ3n) is 5.48. The Bertz CT molecular complexity index is 779. The molecule has 2 fully saturated rings. The average Bonchev–Trinajstić information content (AvgIpc) is 2.68. The quantitative estimate of drug-likeness (QED) is 0.824. The number of aromatic nitrogens is 4. The third kappa shape index (κ3) is 3.38. The summed E-state index contributed by atoms with van der Waals surface area (Å²) in [5.41, 5.74) is 1.67. The van der Waals surface area contributed by atoms with Gasteiger partial charge in [0.25, 0.3) is 5.91 Å². The van der Waals surface area contributed by atoms with E-state index in [4.69, 9.17) is 0 Å². The number of carbonyl (C=O) groups is 1. The van der Waals surface area contributed by atoms with Gasteiger partial charge in [0.15, 0.2) is 0 Å². The van der Waals surface area contributed by atoms with Crippen LogP contribution in [0.3, 0.4) is 0 Å². The van der Waals surface area contributed by atoms with Gasteiger partial charge in [0.1, 0.15) is 6.33 Å². The van der Waals surface area contributed by atoms with Gasteiger partial charge in [0, 0.05) is 55.9 Å². The number of anilines is 1. The second-order valence-corrected chi connectivity index (χ2v) is 7.48. The van der Waals surface area contributed by atoms with Crippen LogP contribution < -0.4 is 4.90 Å². The number of rotatable bonds is 2. The molecule has 136 valence electrons. The molecule has 2 aromatic rings. The highest BCUT2D eigenvalue weighted by molar-refractivity contribution is 5.93. The highest BCUT2D eigenvalue weighted by atomic mass is 16.2. The lowest BCUT2D eigenvalue weighted by atomic mass is 9.73. The first-order valence-corrected chi connectivity index (χ1v) is 9.24. The highest BCUT2D eigenvalue weighted by Gasteiger charge is 2.41. The molecule has 4 heterocycles. The molecule has 1 atom stereocenters. The highest BCUT2D eigenvalue weighted by Crippen LogP contribution is 2.39. The molecule has 7 heteroatoms. The maximum atomic E-state index is 12.8. The molecule has 7 nitrogen and oxygen atoms in total. The van der Waals surface area contributed by atoms with E-state index in [1.165, 1.54) is 6.33 Å². The third-order valence-corrected chi connectivity index (χ3v) is 5.48. The number of amides is 1. The summed E-state index contributed by atoms with van der Waals surface area (Å²) >= 11 is 0. The first kappa shape index (κ1) is 16.9. The fourth-order valence-corrected chi connectivity index (χ4v) is 4.27. The van der Waals surface area contributed by atoms with Crippen molar-refractivity contribution in [2.24, 2.45) is 5.41 Å². The van der Waals surface area contributed by atoms with Crippen molar-refractivity contribution in [3.63, 3.8) is 0 Å². The molecule has 4 rings (SSSR count). The molecule has 1 spiro atoms. The predicted molar refractivity (Wildman–Crippen MR) is 97.8 cm³/mol. The van der Waals surface area contributed by atoms with Crippen molar-refractivity contribution in [2.45, 2.75) is 32.6 Å². The summed E-state index contributed by atoms with van der Waals surface area (Å²) in [7, 11) is 0. The minimum Gasteiger partial charge on any atom is -0.340 e. The second kappa shape index (κ2) is 6.97. The maximum Gasteiger partial charge on any atom is 0.257 e. The Kier molecular flexibility index (Phi) is 4.53. The van der Waals surface area contributed by atoms with Crippen molar-refractivity contribution < 1.29 is 4.79 Å². The molecule has 0 aromatic carbocycles. The Hall–Kier alpha value is -2.57. The number of piperidine rings is 2. The van der Waals surface area contributed by atoms with Crippen LogP contribution in [0.1, 0.15) is 41.7 Å². The summed E-state index contributed by atoms with van der Waals surface area (Å²) in [5, 5.41) is 0. The van der Waals surface area contributed by atoms with Crippen molar-refractivity contribution in [3.05, 3.63) is 42.2 Å². The molecule has 26 heavy (non-hydrogen) atoms. The lowest BCUT2D eigenvalue weighted by Crippen LogP contribution is -2.54. The zero-order valence-electron chi connectivity index (χ0n) is 15.1. The molecular formula is C19H24N6O. The largest absolute Gasteiger partial charge is 0.340 e. The number of aryl methyl sites for hydroxylation is 1. The zero-order chi connectivity index (χ0) is 18.0. The lowest BCUT2D eigenvalue weighted by molar-refractivity contribution is 0.0464. The summed E-state index contributed by atoms with van der Waals surface area (Å²) in [4.78, 5) is 34.1. The summed E-state index contributed by atoms with van der Waals surface area (Å²) in [6, 6.07) is 1.92. The van der Waals surface area contributed by atoms with Crippen LogP contribution >= 0.6 is 0 Å². The van der Waals surface area contributed by atoms with E-state index in [-0.39, 0.29) is 11.3 Å². The van der Waals surface area contributed by atoms with E-state index in [0.29, 0.717) is 5.56 Å². The van der Waals surface area contributed by atoms with Crippen molar-refractivity contribution in [1.29, 1.82) is 0 Å². The number of carbonyl (C=O) groups excluding carboxylic acids is 1. The minimum atomic E-state index is 0.0357. The van der Waals surface area contributed by atoms with Gasteiger partial charge in [-0.15, -0.1) is 0 Å². The molecular weight excluding hydrogens is 328 g/mol. The van der Waals surface area contributed by atoms with Gasteiger partial charge in [0.05, 0.1) is 5.56 Å². The fourth-order valence-electron chi connectivity index (χ4n) is 4.27. The standard InChI is InChI=1S/C19H24N6O/c1-15-4-7-22-18(23-15)25-9-3-6-19(13-25)5-2-8-24(12-19)17(26)16-10-20-14-21-11-16/h4,7,10-11,14H,2-3,5-6,8-9,12-13H2,1H3. The van der Waals surface area contributed by atoms with Crippen molar-refractivity contribution in [3.8, 4) is 0 Å². The van der Waals surface area contributed by atoms with Crippen LogP contribution in [0.2, 0.25) is 0 Å². The first-order valence-electron chi connectivity index (χ1n) is 9.24. The molecule has 2 aliphatic heterocycles. The Morgan fingerprint density at radius 2 is 1.88 bits per heavy atom. The molecule has 0 bridgehead atoms. The Labute approximate surface area is 153 Å². The van der Waals surface area contributed by atoms with Crippen LogP contribution in [0, 0.1) is 12.3 Å². The van der Waals surface area contributed by atoms with Crippen molar-refractivity contribution >= 4 is 11.9 Å². The smallest absolute Gasteiger partial charge is 0.257 e. The molecule has 0 aliphatic carbocycles. The average molecular weight is 352 g/mol. The van der Waals surface area contributed by atoms with Gasteiger partial charge >= 0.3 is 0 Å². The van der Waals surface area contributed by atoms with Crippen LogP contribution in [0.25, 0.3) is 0 Å². The second-order valence-electron chi connectivity index (χ2n) is 7.48. The van der Waals surface area contributed by atoms with Gasteiger partial charge in [0.2, 0.25) is 5.95 Å². The number of hydrogen-bond donors (Lipinski definition) is 0. The monoisotopic (exact) mass is 352 g/mol. The van der Waals surface area contributed by atoms with Gasteiger partial charge < -0.3 is 9.80 Å². The topological polar surface area (TPSA) is 75.1 Å². The Morgan fingerprint density at radius 3 is 2.65 bits per heavy atom. The first-order chi connectivity index (χ1) is 12.7. The normalized spacial score (nSPS) is 23.3. The Morgan fingerprint density at radius 1 is 1.12 bits per heavy atom. The molecule has 2 saturated heterocycles. The van der Waals surface area contributed by atoms with Gasteiger partial charge in [-0.2, -0.15) is 0 Å².